The summed E-state index contributed by atoms with van der Waals surface area (Å²) in [5.74, 6) is 1.70. The van der Waals surface area contributed by atoms with Gasteiger partial charge in [0.25, 0.3) is 0 Å². The Kier molecular flexibility index (Phi) is 5.96. The van der Waals surface area contributed by atoms with Crippen molar-refractivity contribution < 1.29 is 9.47 Å². The van der Waals surface area contributed by atoms with E-state index >= 15 is 0 Å². The Morgan fingerprint density at radius 1 is 0.871 bits per heavy atom. The average Bonchev–Trinajstić information content (AvgIpc) is 3.18. The molecule has 0 amide bonds. The summed E-state index contributed by atoms with van der Waals surface area (Å²) in [5, 5.41) is 1.17. The summed E-state index contributed by atoms with van der Waals surface area (Å²) in [7, 11) is 7.60. The molecule has 1 unspecified atom stereocenters. The normalized spacial score (nSPS) is 12.3. The van der Waals surface area contributed by atoms with E-state index in [1.165, 1.54) is 10.9 Å². The molecule has 0 fully saturated rings. The van der Waals surface area contributed by atoms with E-state index in [1.807, 2.05) is 30.6 Å². The van der Waals surface area contributed by atoms with Crippen LogP contribution in [0.15, 0.2) is 67.1 Å². The summed E-state index contributed by atoms with van der Waals surface area (Å²) in [6, 6.07) is 16.9. The second kappa shape index (κ2) is 8.82. The molecule has 0 N–H and O–H groups in total. The molecular formula is C26H29N3O2. The third-order valence-electron chi connectivity index (χ3n) is 5.62. The minimum Gasteiger partial charge on any atom is -0.497 e. The number of methoxy groups -OCH3 is 2. The van der Waals surface area contributed by atoms with Crippen molar-refractivity contribution in [1.29, 1.82) is 0 Å². The van der Waals surface area contributed by atoms with Crippen LogP contribution >= 0.6 is 0 Å². The van der Waals surface area contributed by atoms with Crippen molar-refractivity contribution in [2.75, 3.05) is 34.9 Å². The third kappa shape index (κ3) is 4.28. The van der Waals surface area contributed by atoms with Crippen LogP contribution in [-0.2, 0) is 0 Å². The summed E-state index contributed by atoms with van der Waals surface area (Å²) < 4.78 is 13.2. The number of hydrogen-bond donors (Lipinski definition) is 0. The first-order chi connectivity index (χ1) is 15.0. The van der Waals surface area contributed by atoms with Gasteiger partial charge in [-0.05, 0) is 63.0 Å². The molecular weight excluding hydrogens is 386 g/mol. The van der Waals surface area contributed by atoms with Crippen LogP contribution in [-0.4, -0.2) is 49.3 Å². The van der Waals surface area contributed by atoms with Gasteiger partial charge in [0.05, 0.1) is 14.2 Å². The molecule has 0 spiro atoms. The lowest BCUT2D eigenvalue weighted by molar-refractivity contribution is 0.341. The Morgan fingerprint density at radius 3 is 2.23 bits per heavy atom. The van der Waals surface area contributed by atoms with Crippen LogP contribution in [0.1, 0.15) is 13.0 Å². The van der Waals surface area contributed by atoms with Gasteiger partial charge in [-0.2, -0.15) is 0 Å². The summed E-state index contributed by atoms with van der Waals surface area (Å²) in [4.78, 5) is 6.77. The fraction of sp³-hybridized carbons (Fsp3) is 0.269. The highest BCUT2D eigenvalue weighted by Crippen LogP contribution is 2.36. The molecule has 2 aromatic carbocycles. The van der Waals surface area contributed by atoms with Gasteiger partial charge < -0.3 is 18.9 Å². The van der Waals surface area contributed by atoms with Crippen LogP contribution in [0.4, 0.5) is 0 Å². The van der Waals surface area contributed by atoms with E-state index in [1.54, 1.807) is 14.2 Å². The summed E-state index contributed by atoms with van der Waals surface area (Å²) >= 11 is 0. The molecule has 4 aromatic rings. The van der Waals surface area contributed by atoms with Crippen molar-refractivity contribution in [1.82, 2.24) is 14.5 Å². The maximum atomic E-state index is 5.52. The van der Waals surface area contributed by atoms with E-state index in [2.05, 4.69) is 72.0 Å². The van der Waals surface area contributed by atoms with E-state index in [-0.39, 0.29) is 0 Å². The number of rotatable bonds is 7. The molecule has 31 heavy (non-hydrogen) atoms. The zero-order valence-electron chi connectivity index (χ0n) is 18.8. The van der Waals surface area contributed by atoms with Crippen molar-refractivity contribution in [2.24, 2.45) is 0 Å². The first kappa shape index (κ1) is 20.9. The number of aromatic nitrogens is 2. The second-order valence-electron chi connectivity index (χ2n) is 8.14. The Bertz CT molecular complexity index is 1180. The first-order valence-corrected chi connectivity index (χ1v) is 10.4. The minimum absolute atomic E-state index is 0.331. The molecule has 5 heteroatoms. The first-order valence-electron chi connectivity index (χ1n) is 10.4. The second-order valence-corrected chi connectivity index (χ2v) is 8.14. The van der Waals surface area contributed by atoms with E-state index in [0.29, 0.717) is 6.04 Å². The highest BCUT2D eigenvalue weighted by molar-refractivity contribution is 5.97. The van der Waals surface area contributed by atoms with Crippen molar-refractivity contribution in [3.8, 4) is 33.8 Å². The smallest absolute Gasteiger partial charge is 0.119 e. The maximum Gasteiger partial charge on any atom is 0.119 e. The molecule has 0 aliphatic carbocycles. The number of hydrogen-bond acceptors (Lipinski definition) is 4. The van der Waals surface area contributed by atoms with Gasteiger partial charge in [0, 0.05) is 58.8 Å². The van der Waals surface area contributed by atoms with Crippen LogP contribution in [0.2, 0.25) is 0 Å². The molecule has 0 saturated carbocycles. The zero-order valence-corrected chi connectivity index (χ0v) is 18.8. The molecule has 2 heterocycles. The lowest BCUT2D eigenvalue weighted by Gasteiger charge is -2.19. The van der Waals surface area contributed by atoms with Crippen LogP contribution < -0.4 is 9.47 Å². The number of nitrogens with zero attached hydrogens (tertiary/aromatic N) is 3. The molecule has 0 aliphatic rings. The lowest BCUT2D eigenvalue weighted by Crippen LogP contribution is -2.21. The van der Waals surface area contributed by atoms with Crippen LogP contribution in [0, 0.1) is 0 Å². The van der Waals surface area contributed by atoms with Gasteiger partial charge in [-0.15, -0.1) is 0 Å². The fourth-order valence-electron chi connectivity index (χ4n) is 4.10. The number of benzene rings is 2. The SMILES string of the molecule is COc1ccc(-c2cncc(-c3cn(C(C)CN(C)C)c4ccc(OC)cc34)c2)cc1. The predicted molar refractivity (Wildman–Crippen MR) is 127 cm³/mol. The number of likely N-dealkylation sites (N-methyl/N-ethyl adjacent to an activating group) is 1. The molecule has 5 nitrogen and oxygen atoms in total. The van der Waals surface area contributed by atoms with Gasteiger partial charge in [-0.25, -0.2) is 0 Å². The van der Waals surface area contributed by atoms with Crippen LogP contribution in [0.3, 0.4) is 0 Å². The van der Waals surface area contributed by atoms with Crippen molar-refractivity contribution in [3.63, 3.8) is 0 Å². The van der Waals surface area contributed by atoms with Crippen LogP contribution in [0.5, 0.6) is 11.5 Å². The largest absolute Gasteiger partial charge is 0.497 e. The van der Waals surface area contributed by atoms with E-state index in [0.717, 1.165) is 40.3 Å². The highest BCUT2D eigenvalue weighted by atomic mass is 16.5. The van der Waals surface area contributed by atoms with Gasteiger partial charge in [0.15, 0.2) is 0 Å². The Balaban J connectivity index is 1.83. The average molecular weight is 416 g/mol. The monoisotopic (exact) mass is 415 g/mol. The summed E-state index contributed by atoms with van der Waals surface area (Å²) in [5.41, 5.74) is 5.62. The van der Waals surface area contributed by atoms with Gasteiger partial charge in [0.2, 0.25) is 0 Å². The van der Waals surface area contributed by atoms with Crippen molar-refractivity contribution in [2.45, 2.75) is 13.0 Å². The standard InChI is InChI=1S/C26H29N3O2/c1-18(16-28(2)3)29-17-25(24-13-23(31-5)10-11-26(24)29)21-12-20(14-27-15-21)19-6-8-22(30-4)9-7-19/h6-15,17-18H,16H2,1-5H3. The highest BCUT2D eigenvalue weighted by Gasteiger charge is 2.16. The Morgan fingerprint density at radius 2 is 1.55 bits per heavy atom. The van der Waals surface area contributed by atoms with Crippen LogP contribution in [0.25, 0.3) is 33.2 Å². The molecule has 2 aromatic heterocycles. The summed E-state index contributed by atoms with van der Waals surface area (Å²) in [6.07, 6.45) is 6.08. The topological polar surface area (TPSA) is 39.5 Å². The summed E-state index contributed by atoms with van der Waals surface area (Å²) in [6.45, 7) is 3.21. The van der Waals surface area contributed by atoms with E-state index < -0.39 is 0 Å². The lowest BCUT2D eigenvalue weighted by atomic mass is 10.0. The quantitative estimate of drug-likeness (QED) is 0.399. The fourth-order valence-corrected chi connectivity index (χ4v) is 4.10. The molecule has 1 atom stereocenters. The maximum absolute atomic E-state index is 5.52. The van der Waals surface area contributed by atoms with Gasteiger partial charge >= 0.3 is 0 Å². The molecule has 0 saturated heterocycles. The molecule has 160 valence electrons. The van der Waals surface area contributed by atoms with Gasteiger partial charge in [-0.1, -0.05) is 12.1 Å². The zero-order chi connectivity index (χ0) is 22.0. The Hall–Kier alpha value is -3.31. The third-order valence-corrected chi connectivity index (χ3v) is 5.62. The molecule has 0 aliphatic heterocycles. The van der Waals surface area contributed by atoms with E-state index in [9.17, 15) is 0 Å². The molecule has 0 bridgehead atoms. The Labute approximate surface area is 183 Å². The van der Waals surface area contributed by atoms with E-state index in [4.69, 9.17) is 9.47 Å². The van der Waals surface area contributed by atoms with Gasteiger partial charge in [-0.3, -0.25) is 4.98 Å². The number of ether oxygens (including phenoxy) is 2. The predicted octanol–water partition coefficient (Wildman–Crippen LogP) is 5.51. The molecule has 0 radical (unpaired) electrons. The van der Waals surface area contributed by atoms with Crippen molar-refractivity contribution in [3.05, 3.63) is 67.1 Å². The van der Waals surface area contributed by atoms with Gasteiger partial charge in [0.1, 0.15) is 11.5 Å². The molecule has 4 rings (SSSR count). The number of fused-ring (bicyclic) bond motifs is 1. The van der Waals surface area contributed by atoms with Crippen molar-refractivity contribution >= 4 is 10.9 Å². The number of pyridine rings is 1. The minimum atomic E-state index is 0.331.